The molecule has 0 radical (unpaired) electrons. The molecule has 16 heavy (non-hydrogen) atoms. The smallest absolute Gasteiger partial charge is 0.197 e. The number of rotatable bonds is 1. The number of benzene rings is 1. The van der Waals surface area contributed by atoms with Crippen LogP contribution in [-0.4, -0.2) is 9.97 Å². The summed E-state index contributed by atoms with van der Waals surface area (Å²) in [5.41, 5.74) is 3.27. The zero-order valence-corrected chi connectivity index (χ0v) is 9.51. The van der Waals surface area contributed by atoms with E-state index < -0.39 is 0 Å². The van der Waals surface area contributed by atoms with E-state index in [1.165, 1.54) is 0 Å². The van der Waals surface area contributed by atoms with Gasteiger partial charge in [0.2, 0.25) is 0 Å². The summed E-state index contributed by atoms with van der Waals surface area (Å²) in [5.74, 6) is 0. The third kappa shape index (κ3) is 2.15. The van der Waals surface area contributed by atoms with Gasteiger partial charge in [-0.3, -0.25) is 0 Å². The van der Waals surface area contributed by atoms with Gasteiger partial charge >= 0.3 is 0 Å². The van der Waals surface area contributed by atoms with Crippen LogP contribution in [0.15, 0.2) is 30.3 Å². The Bertz CT molecular complexity index is 623. The molecule has 0 aliphatic rings. The fraction of sp³-hybridized carbons (Fsp3) is 0.0833. The second-order valence-electron chi connectivity index (χ2n) is 3.45. The van der Waals surface area contributed by atoms with Crippen molar-refractivity contribution >= 4 is 12.2 Å². The minimum absolute atomic E-state index is 0.456. The Labute approximate surface area is 98.4 Å². The summed E-state index contributed by atoms with van der Waals surface area (Å²) < 4.78 is 0.456. The topological polar surface area (TPSA) is 52.5 Å². The van der Waals surface area contributed by atoms with Gasteiger partial charge in [0, 0.05) is 11.3 Å². The van der Waals surface area contributed by atoms with Crippen LogP contribution in [0, 0.1) is 23.0 Å². The Morgan fingerprint density at radius 3 is 2.88 bits per heavy atom. The molecule has 0 bridgehead atoms. The fourth-order valence-corrected chi connectivity index (χ4v) is 1.73. The molecular weight excluding hydrogens is 218 g/mol. The van der Waals surface area contributed by atoms with E-state index in [9.17, 15) is 0 Å². The van der Waals surface area contributed by atoms with Crippen LogP contribution in [0.1, 0.15) is 11.3 Å². The molecule has 1 aromatic carbocycles. The van der Waals surface area contributed by atoms with Crippen molar-refractivity contribution in [3.8, 4) is 17.3 Å². The summed E-state index contributed by atoms with van der Waals surface area (Å²) in [4.78, 5) is 7.18. The highest BCUT2D eigenvalue weighted by molar-refractivity contribution is 7.71. The van der Waals surface area contributed by atoms with Crippen molar-refractivity contribution in [3.05, 3.63) is 46.4 Å². The average molecular weight is 227 g/mol. The summed E-state index contributed by atoms with van der Waals surface area (Å²) in [6.07, 6.45) is 0. The molecule has 0 fully saturated rings. The molecule has 2 rings (SSSR count). The molecule has 0 aliphatic heterocycles. The molecule has 3 nitrogen and oxygen atoms in total. The minimum Gasteiger partial charge on any atom is -0.335 e. The maximum Gasteiger partial charge on any atom is 0.197 e. The molecular formula is C12H9N3S. The molecule has 0 atom stereocenters. The van der Waals surface area contributed by atoms with Gasteiger partial charge in [-0.25, -0.2) is 4.98 Å². The van der Waals surface area contributed by atoms with Gasteiger partial charge in [0.15, 0.2) is 4.77 Å². The fourth-order valence-electron chi connectivity index (χ4n) is 1.48. The number of nitrogens with zero attached hydrogens (tertiary/aromatic N) is 2. The van der Waals surface area contributed by atoms with Gasteiger partial charge in [-0.15, -0.1) is 0 Å². The van der Waals surface area contributed by atoms with Crippen LogP contribution in [0.3, 0.4) is 0 Å². The molecule has 2 aromatic rings. The van der Waals surface area contributed by atoms with E-state index in [-0.39, 0.29) is 0 Å². The first-order valence-corrected chi connectivity index (χ1v) is 5.18. The van der Waals surface area contributed by atoms with Crippen LogP contribution < -0.4 is 0 Å². The number of H-pyrrole nitrogens is 1. The molecule has 78 valence electrons. The van der Waals surface area contributed by atoms with Gasteiger partial charge in [-0.1, -0.05) is 12.1 Å². The first-order valence-electron chi connectivity index (χ1n) is 4.77. The van der Waals surface area contributed by atoms with Gasteiger partial charge < -0.3 is 4.98 Å². The monoisotopic (exact) mass is 227 g/mol. The molecule has 0 spiro atoms. The van der Waals surface area contributed by atoms with Gasteiger partial charge in [-0.2, -0.15) is 5.26 Å². The Kier molecular flexibility index (Phi) is 2.80. The molecule has 1 N–H and O–H groups in total. The maximum atomic E-state index is 8.82. The Balaban J connectivity index is 2.59. The molecule has 0 amide bonds. The first-order chi connectivity index (χ1) is 7.69. The maximum absolute atomic E-state index is 8.82. The lowest BCUT2D eigenvalue weighted by Crippen LogP contribution is -1.90. The average Bonchev–Trinajstić information content (AvgIpc) is 2.28. The summed E-state index contributed by atoms with van der Waals surface area (Å²) in [7, 11) is 0. The molecule has 4 heteroatoms. The first kappa shape index (κ1) is 10.5. The summed E-state index contributed by atoms with van der Waals surface area (Å²) in [6.45, 7) is 1.93. The number of hydrogen-bond acceptors (Lipinski definition) is 3. The van der Waals surface area contributed by atoms with E-state index in [1.807, 2.05) is 25.1 Å². The van der Waals surface area contributed by atoms with Gasteiger partial charge in [0.25, 0.3) is 0 Å². The highest BCUT2D eigenvalue weighted by atomic mass is 32.1. The number of nitriles is 1. The van der Waals surface area contributed by atoms with Crippen molar-refractivity contribution in [2.24, 2.45) is 0 Å². The summed E-state index contributed by atoms with van der Waals surface area (Å²) in [5, 5.41) is 8.82. The van der Waals surface area contributed by atoms with Crippen molar-refractivity contribution in [3.63, 3.8) is 0 Å². The summed E-state index contributed by atoms with van der Waals surface area (Å²) in [6, 6.07) is 11.3. The second kappa shape index (κ2) is 4.25. The highest BCUT2D eigenvalue weighted by Crippen LogP contribution is 2.18. The van der Waals surface area contributed by atoms with E-state index in [4.69, 9.17) is 17.5 Å². The van der Waals surface area contributed by atoms with Crippen LogP contribution in [-0.2, 0) is 0 Å². The Morgan fingerprint density at radius 1 is 1.38 bits per heavy atom. The lowest BCUT2D eigenvalue weighted by Gasteiger charge is -2.02. The zero-order valence-electron chi connectivity index (χ0n) is 8.69. The van der Waals surface area contributed by atoms with Crippen molar-refractivity contribution in [2.45, 2.75) is 6.92 Å². The highest BCUT2D eigenvalue weighted by Gasteiger charge is 2.01. The van der Waals surface area contributed by atoms with Crippen LogP contribution in [0.5, 0.6) is 0 Å². The number of aromatic amines is 1. The lowest BCUT2D eigenvalue weighted by molar-refractivity contribution is 1.08. The van der Waals surface area contributed by atoms with E-state index in [0.717, 1.165) is 17.0 Å². The third-order valence-electron chi connectivity index (χ3n) is 2.17. The van der Waals surface area contributed by atoms with E-state index in [1.54, 1.807) is 12.1 Å². The van der Waals surface area contributed by atoms with Crippen LogP contribution in [0.2, 0.25) is 0 Å². The van der Waals surface area contributed by atoms with Crippen LogP contribution in [0.25, 0.3) is 11.3 Å². The number of aromatic nitrogens is 2. The number of nitrogens with one attached hydrogen (secondary N) is 1. The lowest BCUT2D eigenvalue weighted by atomic mass is 10.1. The van der Waals surface area contributed by atoms with Crippen LogP contribution >= 0.6 is 12.2 Å². The summed E-state index contributed by atoms with van der Waals surface area (Å²) >= 11 is 5.02. The normalized spacial score (nSPS) is 9.75. The van der Waals surface area contributed by atoms with Gasteiger partial charge in [-0.05, 0) is 37.3 Å². The Morgan fingerprint density at radius 2 is 2.19 bits per heavy atom. The van der Waals surface area contributed by atoms with E-state index in [2.05, 4.69) is 16.0 Å². The van der Waals surface area contributed by atoms with Crippen molar-refractivity contribution in [2.75, 3.05) is 0 Å². The van der Waals surface area contributed by atoms with Gasteiger partial charge in [0.05, 0.1) is 17.3 Å². The zero-order chi connectivity index (χ0) is 11.5. The number of aryl methyl sites for hydroxylation is 1. The molecule has 0 saturated carbocycles. The molecule has 1 heterocycles. The van der Waals surface area contributed by atoms with E-state index in [0.29, 0.717) is 10.3 Å². The quantitative estimate of drug-likeness (QED) is 0.762. The van der Waals surface area contributed by atoms with Crippen molar-refractivity contribution in [1.82, 2.24) is 9.97 Å². The molecule has 0 aliphatic carbocycles. The number of hydrogen-bond donors (Lipinski definition) is 1. The SMILES string of the molecule is Cc1cc(-c2cccc(C#N)c2)nc(=S)[nH]1. The predicted molar refractivity (Wildman–Crippen MR) is 64.3 cm³/mol. The molecule has 0 saturated heterocycles. The standard InChI is InChI=1S/C12H9N3S/c1-8-5-11(15-12(16)14-8)10-4-2-3-9(6-10)7-13/h2-6H,1H3,(H,14,15,16). The Hall–Kier alpha value is -1.99. The van der Waals surface area contributed by atoms with Gasteiger partial charge in [0.1, 0.15) is 0 Å². The van der Waals surface area contributed by atoms with E-state index >= 15 is 0 Å². The molecule has 0 unspecified atom stereocenters. The largest absolute Gasteiger partial charge is 0.335 e. The van der Waals surface area contributed by atoms with Crippen molar-refractivity contribution < 1.29 is 0 Å². The van der Waals surface area contributed by atoms with Crippen molar-refractivity contribution in [1.29, 1.82) is 5.26 Å². The second-order valence-corrected chi connectivity index (χ2v) is 3.83. The van der Waals surface area contributed by atoms with Crippen LogP contribution in [0.4, 0.5) is 0 Å². The molecule has 1 aromatic heterocycles. The minimum atomic E-state index is 0.456. The predicted octanol–water partition coefficient (Wildman–Crippen LogP) is 2.99. The third-order valence-corrected chi connectivity index (χ3v) is 2.36.